The summed E-state index contributed by atoms with van der Waals surface area (Å²) >= 11 is 6.18. The molecule has 0 fully saturated rings. The zero-order valence-corrected chi connectivity index (χ0v) is 12.5. The fourth-order valence-electron chi connectivity index (χ4n) is 2.20. The minimum Gasteiger partial charge on any atom is -0.409 e. The van der Waals surface area contributed by atoms with Gasteiger partial charge in [0.15, 0.2) is 5.84 Å². The van der Waals surface area contributed by atoms with Crippen LogP contribution in [0.1, 0.15) is 28.3 Å². The molecule has 2 heterocycles. The molecule has 0 aromatic carbocycles. The molecule has 0 radical (unpaired) electrons. The first-order valence-corrected chi connectivity index (χ1v) is 6.42. The predicted octanol–water partition coefficient (Wildman–Crippen LogP) is 2.25. The molecule has 0 aliphatic rings. The van der Waals surface area contributed by atoms with Crippen molar-refractivity contribution in [2.45, 2.75) is 27.7 Å². The SMILES string of the molecule is Cc1cc(-n2nc(C)c(Cl)c2C)c(/C(N)=N/O)c(C)n1. The molecule has 0 atom stereocenters. The van der Waals surface area contributed by atoms with Crippen LogP contribution in [0.3, 0.4) is 0 Å². The number of nitrogens with two attached hydrogens (primary N) is 1. The van der Waals surface area contributed by atoms with Gasteiger partial charge in [-0.25, -0.2) is 4.68 Å². The van der Waals surface area contributed by atoms with Gasteiger partial charge in [-0.2, -0.15) is 5.10 Å². The molecule has 20 heavy (non-hydrogen) atoms. The summed E-state index contributed by atoms with van der Waals surface area (Å²) in [6, 6.07) is 1.83. The van der Waals surface area contributed by atoms with Crippen molar-refractivity contribution in [3.63, 3.8) is 0 Å². The van der Waals surface area contributed by atoms with E-state index in [4.69, 9.17) is 22.5 Å². The number of halogens is 1. The second-order valence-electron chi connectivity index (χ2n) is 4.63. The largest absolute Gasteiger partial charge is 0.409 e. The lowest BCUT2D eigenvalue weighted by Crippen LogP contribution is -2.20. The number of hydrogen-bond donors (Lipinski definition) is 2. The Morgan fingerprint density at radius 2 is 1.95 bits per heavy atom. The van der Waals surface area contributed by atoms with Gasteiger partial charge in [-0.3, -0.25) is 4.98 Å². The lowest BCUT2D eigenvalue weighted by Gasteiger charge is -2.13. The van der Waals surface area contributed by atoms with Crippen molar-refractivity contribution >= 4 is 17.4 Å². The van der Waals surface area contributed by atoms with Gasteiger partial charge < -0.3 is 10.9 Å². The summed E-state index contributed by atoms with van der Waals surface area (Å²) in [7, 11) is 0. The zero-order chi connectivity index (χ0) is 15.0. The molecule has 0 saturated carbocycles. The van der Waals surface area contributed by atoms with Crippen LogP contribution in [0.5, 0.6) is 0 Å². The van der Waals surface area contributed by atoms with Crippen LogP contribution in [-0.4, -0.2) is 25.8 Å². The van der Waals surface area contributed by atoms with Gasteiger partial charge in [0.2, 0.25) is 0 Å². The summed E-state index contributed by atoms with van der Waals surface area (Å²) in [6.45, 7) is 7.37. The number of aromatic nitrogens is 3. The fourth-order valence-corrected chi connectivity index (χ4v) is 2.32. The van der Waals surface area contributed by atoms with Gasteiger partial charge in [0.05, 0.1) is 33.4 Å². The molecule has 0 saturated heterocycles. The molecule has 0 spiro atoms. The smallest absolute Gasteiger partial charge is 0.174 e. The molecule has 106 valence electrons. The Labute approximate surface area is 121 Å². The second kappa shape index (κ2) is 5.13. The highest BCUT2D eigenvalue weighted by Crippen LogP contribution is 2.25. The molecule has 7 heteroatoms. The summed E-state index contributed by atoms with van der Waals surface area (Å²) in [5.41, 5.74) is 10.00. The molecular weight excluding hydrogens is 278 g/mol. The third kappa shape index (κ3) is 2.22. The van der Waals surface area contributed by atoms with Gasteiger partial charge in [0.25, 0.3) is 0 Å². The van der Waals surface area contributed by atoms with Crippen LogP contribution in [0.2, 0.25) is 5.02 Å². The molecule has 2 aromatic heterocycles. The van der Waals surface area contributed by atoms with E-state index in [9.17, 15) is 0 Å². The Balaban J connectivity index is 2.82. The first-order valence-electron chi connectivity index (χ1n) is 6.05. The maximum absolute atomic E-state index is 8.96. The Morgan fingerprint density at radius 1 is 1.30 bits per heavy atom. The Hall–Kier alpha value is -2.08. The maximum Gasteiger partial charge on any atom is 0.174 e. The molecule has 0 aliphatic carbocycles. The van der Waals surface area contributed by atoms with Crippen molar-refractivity contribution in [3.05, 3.63) is 39.4 Å². The molecule has 0 unspecified atom stereocenters. The standard InChI is InChI=1S/C13H16ClN5O/c1-6-5-10(11(7(2)16-6)13(15)18-20)19-9(4)12(14)8(3)17-19/h5,20H,1-4H3,(H2,15,18). The maximum atomic E-state index is 8.96. The van der Waals surface area contributed by atoms with Gasteiger partial charge >= 0.3 is 0 Å². The zero-order valence-electron chi connectivity index (χ0n) is 11.8. The first-order chi connectivity index (χ1) is 9.36. The molecule has 2 rings (SSSR count). The number of hydrogen-bond acceptors (Lipinski definition) is 4. The van der Waals surface area contributed by atoms with E-state index in [-0.39, 0.29) is 5.84 Å². The van der Waals surface area contributed by atoms with Crippen LogP contribution in [0.4, 0.5) is 0 Å². The Kier molecular flexibility index (Phi) is 3.67. The number of oxime groups is 1. The summed E-state index contributed by atoms with van der Waals surface area (Å²) < 4.78 is 1.69. The molecule has 0 bridgehead atoms. The van der Waals surface area contributed by atoms with Gasteiger partial charge in [0.1, 0.15) is 0 Å². The highest BCUT2D eigenvalue weighted by Gasteiger charge is 2.18. The number of pyridine rings is 1. The first kappa shape index (κ1) is 14.3. The molecule has 6 nitrogen and oxygen atoms in total. The number of rotatable bonds is 2. The van der Waals surface area contributed by atoms with Gasteiger partial charge in [-0.15, -0.1) is 0 Å². The van der Waals surface area contributed by atoms with E-state index >= 15 is 0 Å². The third-order valence-electron chi connectivity index (χ3n) is 3.10. The van der Waals surface area contributed by atoms with Gasteiger partial charge in [-0.1, -0.05) is 16.8 Å². The summed E-state index contributed by atoms with van der Waals surface area (Å²) in [6.07, 6.45) is 0. The van der Waals surface area contributed by atoms with Crippen LogP contribution in [-0.2, 0) is 0 Å². The van der Waals surface area contributed by atoms with E-state index in [1.54, 1.807) is 11.6 Å². The van der Waals surface area contributed by atoms with Gasteiger partial charge in [0, 0.05) is 5.69 Å². The molecule has 0 amide bonds. The quantitative estimate of drug-likeness (QED) is 0.385. The summed E-state index contributed by atoms with van der Waals surface area (Å²) in [5.74, 6) is -0.00586. The van der Waals surface area contributed by atoms with E-state index < -0.39 is 0 Å². The fraction of sp³-hybridized carbons (Fsp3) is 0.308. The van der Waals surface area contributed by atoms with Crippen LogP contribution in [0.15, 0.2) is 11.2 Å². The minimum atomic E-state index is -0.00586. The summed E-state index contributed by atoms with van der Waals surface area (Å²) in [5, 5.41) is 17.0. The lowest BCUT2D eigenvalue weighted by molar-refractivity contribution is 0.318. The predicted molar refractivity (Wildman–Crippen MR) is 77.8 cm³/mol. The van der Waals surface area contributed by atoms with Crippen molar-refractivity contribution in [3.8, 4) is 5.69 Å². The van der Waals surface area contributed by atoms with E-state index in [2.05, 4.69) is 15.2 Å². The van der Waals surface area contributed by atoms with Crippen LogP contribution in [0, 0.1) is 27.7 Å². The Morgan fingerprint density at radius 3 is 2.45 bits per heavy atom. The van der Waals surface area contributed by atoms with Crippen LogP contribution < -0.4 is 5.73 Å². The number of aryl methyl sites for hydroxylation is 3. The van der Waals surface area contributed by atoms with Gasteiger partial charge in [-0.05, 0) is 33.8 Å². The van der Waals surface area contributed by atoms with Crippen molar-refractivity contribution in [1.29, 1.82) is 0 Å². The average Bonchev–Trinajstić information content (AvgIpc) is 2.65. The highest BCUT2D eigenvalue weighted by molar-refractivity contribution is 6.31. The van der Waals surface area contributed by atoms with E-state index in [1.807, 2.05) is 26.8 Å². The topological polar surface area (TPSA) is 89.3 Å². The summed E-state index contributed by atoms with van der Waals surface area (Å²) in [4.78, 5) is 4.34. The minimum absolute atomic E-state index is 0.00586. The number of nitrogens with zero attached hydrogens (tertiary/aromatic N) is 4. The molecular formula is C13H16ClN5O. The van der Waals surface area contributed by atoms with Crippen molar-refractivity contribution in [1.82, 2.24) is 14.8 Å². The number of amidine groups is 1. The molecule has 3 N–H and O–H groups in total. The van der Waals surface area contributed by atoms with E-state index in [0.29, 0.717) is 22.0 Å². The normalized spacial score (nSPS) is 11.9. The average molecular weight is 294 g/mol. The van der Waals surface area contributed by atoms with Crippen LogP contribution in [0.25, 0.3) is 5.69 Å². The third-order valence-corrected chi connectivity index (χ3v) is 3.65. The lowest BCUT2D eigenvalue weighted by atomic mass is 10.1. The van der Waals surface area contributed by atoms with E-state index in [0.717, 1.165) is 17.1 Å². The van der Waals surface area contributed by atoms with Crippen LogP contribution >= 0.6 is 11.6 Å². The highest BCUT2D eigenvalue weighted by atomic mass is 35.5. The van der Waals surface area contributed by atoms with E-state index in [1.165, 1.54) is 0 Å². The van der Waals surface area contributed by atoms with Crippen molar-refractivity contribution in [2.75, 3.05) is 0 Å². The molecule has 2 aromatic rings. The van der Waals surface area contributed by atoms with Crippen molar-refractivity contribution in [2.24, 2.45) is 10.9 Å². The molecule has 0 aliphatic heterocycles. The van der Waals surface area contributed by atoms with Crippen molar-refractivity contribution < 1.29 is 5.21 Å². The Bertz CT molecular complexity index is 705. The second-order valence-corrected chi connectivity index (χ2v) is 5.00. The monoisotopic (exact) mass is 293 g/mol.